The zero-order valence-electron chi connectivity index (χ0n) is 17.5. The Kier molecular flexibility index (Phi) is 6.77. The number of anilines is 1. The van der Waals surface area contributed by atoms with E-state index in [1.807, 2.05) is 62.5 Å². The smallest absolute Gasteiger partial charge is 0.268 e. The number of carbonyl (C=O) groups excluding carboxylic acids is 1. The van der Waals surface area contributed by atoms with Crippen LogP contribution in [0.2, 0.25) is 5.02 Å². The van der Waals surface area contributed by atoms with Crippen LogP contribution in [-0.2, 0) is 0 Å². The molecule has 1 aromatic carbocycles. The highest BCUT2D eigenvalue weighted by atomic mass is 35.5. The molecule has 0 bridgehead atoms. The number of pyridine rings is 1. The molecule has 3 aromatic rings. The third kappa shape index (κ3) is 4.64. The molecule has 0 aliphatic carbocycles. The van der Waals surface area contributed by atoms with Crippen molar-refractivity contribution >= 4 is 23.3 Å². The Bertz CT molecular complexity index is 1030. The highest BCUT2D eigenvalue weighted by Gasteiger charge is 2.20. The van der Waals surface area contributed by atoms with Gasteiger partial charge in [0.25, 0.3) is 5.91 Å². The average molecular weight is 428 g/mol. The fourth-order valence-electron chi connectivity index (χ4n) is 3.19. The zero-order valence-corrected chi connectivity index (χ0v) is 18.2. The maximum atomic E-state index is 12.9. The lowest BCUT2D eigenvalue weighted by Gasteiger charge is -2.25. The number of aliphatic hydroxyl groups excluding tert-OH is 1. The van der Waals surface area contributed by atoms with Gasteiger partial charge in [0.05, 0.1) is 12.6 Å². The molecule has 3 N–H and O–H groups in total. The van der Waals surface area contributed by atoms with Crippen LogP contribution in [0, 0.1) is 6.92 Å². The molecule has 0 spiro atoms. The minimum Gasteiger partial charge on any atom is -0.394 e. The summed E-state index contributed by atoms with van der Waals surface area (Å²) in [5.74, 6) is 0.503. The molecule has 7 nitrogen and oxygen atoms in total. The van der Waals surface area contributed by atoms with Crippen molar-refractivity contribution in [2.75, 3.05) is 32.8 Å². The fourth-order valence-corrected chi connectivity index (χ4v) is 3.39. The lowest BCUT2D eigenvalue weighted by atomic mass is 10.0. The summed E-state index contributed by atoms with van der Waals surface area (Å²) in [5.41, 5.74) is 3.88. The van der Waals surface area contributed by atoms with Crippen LogP contribution in [-0.4, -0.2) is 53.7 Å². The molecular weight excluding hydrogens is 402 g/mol. The Morgan fingerprint density at radius 3 is 2.70 bits per heavy atom. The average Bonchev–Trinajstić information content (AvgIpc) is 3.12. The van der Waals surface area contributed by atoms with Crippen molar-refractivity contribution in [1.82, 2.24) is 20.3 Å². The van der Waals surface area contributed by atoms with E-state index in [4.69, 9.17) is 11.6 Å². The Balaban J connectivity index is 1.84. The van der Waals surface area contributed by atoms with Crippen LogP contribution in [0.25, 0.3) is 11.1 Å². The van der Waals surface area contributed by atoms with Crippen molar-refractivity contribution in [2.45, 2.75) is 13.0 Å². The second-order valence-electron chi connectivity index (χ2n) is 7.24. The monoisotopic (exact) mass is 427 g/mol. The van der Waals surface area contributed by atoms with Gasteiger partial charge in [-0.15, -0.1) is 0 Å². The highest BCUT2D eigenvalue weighted by Crippen LogP contribution is 2.28. The normalized spacial score (nSPS) is 12.1. The summed E-state index contributed by atoms with van der Waals surface area (Å²) < 4.78 is 0. The van der Waals surface area contributed by atoms with Gasteiger partial charge in [0.1, 0.15) is 11.5 Å². The molecule has 0 saturated heterocycles. The SMILES string of the molecule is Cc1c(-c2ccnc(N(C)N(C)C)c2)c[nH]c1C(=O)N[C@H](CO)c1cccc(Cl)c1. The number of nitrogens with zero attached hydrogens (tertiary/aromatic N) is 3. The molecule has 0 saturated carbocycles. The van der Waals surface area contributed by atoms with E-state index in [2.05, 4.69) is 15.3 Å². The first-order valence-electron chi connectivity index (χ1n) is 9.54. The number of hydrazine groups is 1. The second kappa shape index (κ2) is 9.30. The van der Waals surface area contributed by atoms with Gasteiger partial charge in [0.15, 0.2) is 0 Å². The van der Waals surface area contributed by atoms with Crippen LogP contribution < -0.4 is 10.3 Å². The molecule has 0 fully saturated rings. The van der Waals surface area contributed by atoms with Crippen LogP contribution in [0.5, 0.6) is 0 Å². The van der Waals surface area contributed by atoms with Gasteiger partial charge in [-0.25, -0.2) is 9.99 Å². The summed E-state index contributed by atoms with van der Waals surface area (Å²) in [6.45, 7) is 1.66. The van der Waals surface area contributed by atoms with Crippen molar-refractivity contribution < 1.29 is 9.90 Å². The van der Waals surface area contributed by atoms with Crippen molar-refractivity contribution in [2.24, 2.45) is 0 Å². The predicted molar refractivity (Wildman–Crippen MR) is 120 cm³/mol. The number of nitrogens with one attached hydrogen (secondary N) is 2. The number of hydrogen-bond donors (Lipinski definition) is 3. The molecule has 0 unspecified atom stereocenters. The highest BCUT2D eigenvalue weighted by molar-refractivity contribution is 6.30. The minimum absolute atomic E-state index is 0.233. The Labute approximate surface area is 181 Å². The van der Waals surface area contributed by atoms with E-state index in [-0.39, 0.29) is 12.5 Å². The number of amides is 1. The van der Waals surface area contributed by atoms with E-state index in [1.165, 1.54) is 0 Å². The van der Waals surface area contributed by atoms with Crippen LogP contribution in [0.3, 0.4) is 0 Å². The number of carbonyl (C=O) groups is 1. The number of hydrogen-bond acceptors (Lipinski definition) is 5. The number of benzene rings is 1. The standard InChI is InChI=1S/C22H26ClN5O2/c1-14-18(15-8-9-24-20(11-15)28(4)27(2)3)12-25-21(14)22(30)26-19(13-29)16-6-5-7-17(23)10-16/h5-12,19,25,29H,13H2,1-4H3,(H,26,30)/t19-/m1/s1. The Morgan fingerprint density at radius 1 is 1.27 bits per heavy atom. The van der Waals surface area contributed by atoms with E-state index in [9.17, 15) is 9.90 Å². The number of rotatable bonds is 7. The van der Waals surface area contributed by atoms with Gasteiger partial charge < -0.3 is 15.4 Å². The molecule has 158 valence electrons. The molecule has 0 radical (unpaired) electrons. The van der Waals surface area contributed by atoms with Crippen LogP contribution in [0.1, 0.15) is 27.7 Å². The molecule has 0 aliphatic rings. The van der Waals surface area contributed by atoms with E-state index < -0.39 is 6.04 Å². The molecule has 8 heteroatoms. The molecule has 1 amide bonds. The minimum atomic E-state index is -0.552. The number of aliphatic hydroxyl groups is 1. The van der Waals surface area contributed by atoms with Gasteiger partial charge in [-0.05, 0) is 47.9 Å². The molecule has 2 heterocycles. The van der Waals surface area contributed by atoms with E-state index in [0.29, 0.717) is 10.7 Å². The third-order valence-electron chi connectivity index (χ3n) is 5.09. The van der Waals surface area contributed by atoms with Crippen molar-refractivity contribution in [1.29, 1.82) is 0 Å². The van der Waals surface area contributed by atoms with Gasteiger partial charge in [0.2, 0.25) is 0 Å². The first kappa shape index (κ1) is 21.8. The summed E-state index contributed by atoms with van der Waals surface area (Å²) in [4.78, 5) is 20.4. The zero-order chi connectivity index (χ0) is 21.8. The van der Waals surface area contributed by atoms with Crippen LogP contribution in [0.4, 0.5) is 5.82 Å². The molecule has 1 atom stereocenters. The second-order valence-corrected chi connectivity index (χ2v) is 7.68. The van der Waals surface area contributed by atoms with Gasteiger partial charge in [-0.1, -0.05) is 23.7 Å². The molecule has 2 aromatic heterocycles. The van der Waals surface area contributed by atoms with E-state index in [1.54, 1.807) is 24.4 Å². The van der Waals surface area contributed by atoms with Crippen molar-refractivity contribution in [3.63, 3.8) is 0 Å². The summed E-state index contributed by atoms with van der Waals surface area (Å²) in [6, 6.07) is 10.4. The van der Waals surface area contributed by atoms with Gasteiger partial charge >= 0.3 is 0 Å². The van der Waals surface area contributed by atoms with E-state index in [0.717, 1.165) is 28.1 Å². The largest absolute Gasteiger partial charge is 0.394 e. The lowest BCUT2D eigenvalue weighted by molar-refractivity contribution is 0.0911. The molecule has 3 rings (SSSR count). The fraction of sp³-hybridized carbons (Fsp3) is 0.273. The maximum absolute atomic E-state index is 12.9. The van der Waals surface area contributed by atoms with Gasteiger partial charge in [0, 0.05) is 44.1 Å². The Morgan fingerprint density at radius 2 is 2.03 bits per heavy atom. The lowest BCUT2D eigenvalue weighted by Crippen LogP contribution is -2.33. The molecule has 0 aliphatic heterocycles. The number of H-pyrrole nitrogens is 1. The maximum Gasteiger partial charge on any atom is 0.268 e. The third-order valence-corrected chi connectivity index (χ3v) is 5.33. The number of aromatic amines is 1. The van der Waals surface area contributed by atoms with Crippen LogP contribution in [0.15, 0.2) is 48.8 Å². The Hall–Kier alpha value is -2.87. The number of aromatic nitrogens is 2. The van der Waals surface area contributed by atoms with Crippen molar-refractivity contribution in [3.05, 3.63) is 70.6 Å². The van der Waals surface area contributed by atoms with Gasteiger partial charge in [-0.3, -0.25) is 9.80 Å². The molecular formula is C22H26ClN5O2. The molecule has 30 heavy (non-hydrogen) atoms. The van der Waals surface area contributed by atoms with Crippen LogP contribution >= 0.6 is 11.6 Å². The summed E-state index contributed by atoms with van der Waals surface area (Å²) >= 11 is 6.04. The first-order chi connectivity index (χ1) is 14.3. The van der Waals surface area contributed by atoms with E-state index >= 15 is 0 Å². The quantitative estimate of drug-likeness (QED) is 0.503. The topological polar surface area (TPSA) is 84.5 Å². The van der Waals surface area contributed by atoms with Crippen molar-refractivity contribution in [3.8, 4) is 11.1 Å². The first-order valence-corrected chi connectivity index (χ1v) is 9.92. The summed E-state index contributed by atoms with van der Waals surface area (Å²) in [5, 5.41) is 17.0. The number of halogens is 1. The summed E-state index contributed by atoms with van der Waals surface area (Å²) in [6.07, 6.45) is 3.56. The predicted octanol–water partition coefficient (Wildman–Crippen LogP) is 3.41. The summed E-state index contributed by atoms with van der Waals surface area (Å²) in [7, 11) is 5.81. The van der Waals surface area contributed by atoms with Gasteiger partial charge in [-0.2, -0.15) is 0 Å².